The van der Waals surface area contributed by atoms with Crippen molar-refractivity contribution >= 4 is 28.5 Å². The number of nitrogens with two attached hydrogens (primary N) is 1. The lowest BCUT2D eigenvalue weighted by molar-refractivity contribution is 0.323. The van der Waals surface area contributed by atoms with Crippen molar-refractivity contribution in [2.45, 2.75) is 30.4 Å². The van der Waals surface area contributed by atoms with Crippen molar-refractivity contribution in [3.63, 3.8) is 0 Å². The van der Waals surface area contributed by atoms with E-state index < -0.39 is 0 Å². The molecule has 2 aromatic heterocycles. The van der Waals surface area contributed by atoms with Gasteiger partial charge in [0.1, 0.15) is 11.3 Å². The molecule has 6 heteroatoms. The monoisotopic (exact) mass is 328 g/mol. The molecule has 120 valence electrons. The van der Waals surface area contributed by atoms with Crippen molar-refractivity contribution in [3.8, 4) is 5.75 Å². The van der Waals surface area contributed by atoms with Gasteiger partial charge in [-0.05, 0) is 24.3 Å². The summed E-state index contributed by atoms with van der Waals surface area (Å²) in [7, 11) is 0. The molecule has 3 N–H and O–H groups in total. The van der Waals surface area contributed by atoms with E-state index in [-0.39, 0.29) is 0 Å². The second kappa shape index (κ2) is 6.91. The summed E-state index contributed by atoms with van der Waals surface area (Å²) in [5, 5.41) is 8.45. The first kappa shape index (κ1) is 15.7. The molecule has 1 aromatic carbocycles. The number of nitrogens with zero attached hydrogens (tertiary/aromatic N) is 2. The number of nitrogen functional groups attached to an aromatic ring is 1. The number of hydrogen-bond donors (Lipinski definition) is 2. The molecule has 0 bridgehead atoms. The van der Waals surface area contributed by atoms with Gasteiger partial charge >= 0.3 is 0 Å². The summed E-state index contributed by atoms with van der Waals surface area (Å²) in [5.74, 6) is 1.28. The lowest BCUT2D eigenvalue weighted by Gasteiger charge is -2.11. The third-order valence-electron chi connectivity index (χ3n) is 3.35. The molecule has 0 fully saturated rings. The molecule has 0 unspecified atom stereocenters. The Kier molecular flexibility index (Phi) is 4.71. The number of aromatic nitrogens is 3. The van der Waals surface area contributed by atoms with Crippen LogP contribution in [0.4, 0.5) is 5.82 Å². The van der Waals surface area contributed by atoms with Crippen LogP contribution in [0.2, 0.25) is 0 Å². The first-order valence-corrected chi connectivity index (χ1v) is 8.48. The number of rotatable bonds is 6. The Morgan fingerprint density at radius 3 is 2.91 bits per heavy atom. The first-order chi connectivity index (χ1) is 11.1. The smallest absolute Gasteiger partial charge is 0.153 e. The molecule has 0 saturated carbocycles. The quantitative estimate of drug-likeness (QED) is 0.675. The van der Waals surface area contributed by atoms with Crippen LogP contribution >= 0.6 is 11.8 Å². The number of anilines is 1. The average molecular weight is 328 g/mol. The zero-order valence-corrected chi connectivity index (χ0v) is 14.1. The molecule has 23 heavy (non-hydrogen) atoms. The van der Waals surface area contributed by atoms with Gasteiger partial charge in [0, 0.05) is 33.8 Å². The van der Waals surface area contributed by atoms with E-state index in [0.29, 0.717) is 17.7 Å². The van der Waals surface area contributed by atoms with Gasteiger partial charge < -0.3 is 10.5 Å². The molecule has 3 aromatic rings. The van der Waals surface area contributed by atoms with Crippen LogP contribution in [0.15, 0.2) is 41.4 Å². The number of pyridine rings is 1. The number of ether oxygens (including phenoxy) is 1. The third-order valence-corrected chi connectivity index (χ3v) is 4.33. The summed E-state index contributed by atoms with van der Waals surface area (Å²) in [4.78, 5) is 5.44. The Morgan fingerprint density at radius 2 is 2.17 bits per heavy atom. The van der Waals surface area contributed by atoms with Crippen molar-refractivity contribution in [2.24, 2.45) is 0 Å². The van der Waals surface area contributed by atoms with E-state index in [1.54, 1.807) is 18.0 Å². The van der Waals surface area contributed by atoms with Crippen LogP contribution in [0.3, 0.4) is 0 Å². The molecule has 0 aliphatic carbocycles. The normalized spacial score (nSPS) is 11.3. The van der Waals surface area contributed by atoms with Crippen LogP contribution in [0, 0.1) is 0 Å². The van der Waals surface area contributed by atoms with Gasteiger partial charge in [-0.25, -0.2) is 0 Å². The van der Waals surface area contributed by atoms with Gasteiger partial charge in [-0.15, -0.1) is 11.8 Å². The fourth-order valence-corrected chi connectivity index (χ4v) is 3.25. The number of fused-ring (bicyclic) bond motifs is 1. The van der Waals surface area contributed by atoms with Crippen LogP contribution in [-0.2, 0) is 6.42 Å². The maximum Gasteiger partial charge on any atom is 0.153 e. The van der Waals surface area contributed by atoms with Gasteiger partial charge in [-0.3, -0.25) is 10.1 Å². The topological polar surface area (TPSA) is 76.8 Å². The van der Waals surface area contributed by atoms with Crippen LogP contribution in [0.25, 0.3) is 10.9 Å². The molecule has 0 radical (unpaired) electrons. The fraction of sp³-hybridized carbons (Fsp3) is 0.294. The Balaban J connectivity index is 1.80. The van der Waals surface area contributed by atoms with Gasteiger partial charge in [-0.2, -0.15) is 5.10 Å². The van der Waals surface area contributed by atoms with E-state index in [4.69, 9.17) is 10.5 Å². The second-order valence-corrected chi connectivity index (χ2v) is 7.19. The lowest BCUT2D eigenvalue weighted by Crippen LogP contribution is -2.03. The van der Waals surface area contributed by atoms with E-state index in [1.807, 2.05) is 24.3 Å². The Hall–Kier alpha value is -2.21. The van der Waals surface area contributed by atoms with Gasteiger partial charge in [0.25, 0.3) is 0 Å². The second-order valence-electron chi connectivity index (χ2n) is 5.54. The summed E-state index contributed by atoms with van der Waals surface area (Å²) in [6.07, 6.45) is 2.55. The standard InChI is InChI=1S/C17H20N4OS/c1-11(2)23-13-9-14-16(20-21-17(14)18)15(10-13)22-8-6-12-5-3-4-7-19-12/h3-5,7,9-11H,6,8H2,1-2H3,(H3,18,20,21). The van der Waals surface area contributed by atoms with E-state index in [2.05, 4.69) is 35.1 Å². The highest BCUT2D eigenvalue weighted by molar-refractivity contribution is 7.99. The summed E-state index contributed by atoms with van der Waals surface area (Å²) in [5.41, 5.74) is 7.81. The Morgan fingerprint density at radius 1 is 1.30 bits per heavy atom. The minimum absolute atomic E-state index is 0.488. The van der Waals surface area contributed by atoms with Crippen LogP contribution in [0.5, 0.6) is 5.75 Å². The van der Waals surface area contributed by atoms with E-state index in [0.717, 1.165) is 33.7 Å². The van der Waals surface area contributed by atoms with Crippen LogP contribution in [-0.4, -0.2) is 27.0 Å². The number of aromatic amines is 1. The molecule has 3 rings (SSSR count). The highest BCUT2D eigenvalue weighted by Crippen LogP contribution is 2.34. The number of nitrogens with one attached hydrogen (secondary N) is 1. The van der Waals surface area contributed by atoms with Crippen molar-refractivity contribution in [1.82, 2.24) is 15.2 Å². The molecule has 0 amide bonds. The van der Waals surface area contributed by atoms with Crippen molar-refractivity contribution < 1.29 is 4.74 Å². The Labute approximate surface area is 139 Å². The number of thioether (sulfide) groups is 1. The molecule has 0 aliphatic heterocycles. The SMILES string of the molecule is CC(C)Sc1cc(OCCc2ccccn2)c2[nH]nc(N)c2c1. The van der Waals surface area contributed by atoms with Gasteiger partial charge in [0.15, 0.2) is 5.82 Å². The number of hydrogen-bond acceptors (Lipinski definition) is 5. The number of H-pyrrole nitrogens is 1. The van der Waals surface area contributed by atoms with Crippen molar-refractivity contribution in [1.29, 1.82) is 0 Å². The van der Waals surface area contributed by atoms with E-state index >= 15 is 0 Å². The maximum absolute atomic E-state index is 5.98. The predicted octanol–water partition coefficient (Wildman–Crippen LogP) is 3.66. The lowest BCUT2D eigenvalue weighted by atomic mass is 10.2. The molecule has 0 saturated heterocycles. The average Bonchev–Trinajstić information content (AvgIpc) is 2.89. The van der Waals surface area contributed by atoms with E-state index in [1.165, 1.54) is 0 Å². The molecular weight excluding hydrogens is 308 g/mol. The zero-order chi connectivity index (χ0) is 16.2. The number of benzene rings is 1. The minimum Gasteiger partial charge on any atom is -0.491 e. The summed E-state index contributed by atoms with van der Waals surface area (Å²) >= 11 is 1.78. The zero-order valence-electron chi connectivity index (χ0n) is 13.2. The maximum atomic E-state index is 5.98. The molecule has 0 atom stereocenters. The van der Waals surface area contributed by atoms with Gasteiger partial charge in [0.05, 0.1) is 6.61 Å². The third kappa shape index (κ3) is 3.76. The van der Waals surface area contributed by atoms with E-state index in [9.17, 15) is 0 Å². The largest absolute Gasteiger partial charge is 0.491 e. The van der Waals surface area contributed by atoms with Gasteiger partial charge in [0.2, 0.25) is 0 Å². The summed E-state index contributed by atoms with van der Waals surface area (Å²) < 4.78 is 5.98. The van der Waals surface area contributed by atoms with Crippen LogP contribution < -0.4 is 10.5 Å². The predicted molar refractivity (Wildman–Crippen MR) is 94.9 cm³/mol. The first-order valence-electron chi connectivity index (χ1n) is 7.60. The summed E-state index contributed by atoms with van der Waals surface area (Å²) in [6.45, 7) is 4.88. The molecule has 5 nitrogen and oxygen atoms in total. The Bertz CT molecular complexity index is 786. The van der Waals surface area contributed by atoms with Crippen LogP contribution in [0.1, 0.15) is 19.5 Å². The molecule has 2 heterocycles. The molecule has 0 spiro atoms. The fourth-order valence-electron chi connectivity index (χ4n) is 2.35. The van der Waals surface area contributed by atoms with Crippen molar-refractivity contribution in [2.75, 3.05) is 12.3 Å². The minimum atomic E-state index is 0.488. The highest BCUT2D eigenvalue weighted by Gasteiger charge is 2.12. The highest BCUT2D eigenvalue weighted by atomic mass is 32.2. The molecule has 0 aliphatic rings. The molecular formula is C17H20N4OS. The van der Waals surface area contributed by atoms with Gasteiger partial charge in [-0.1, -0.05) is 19.9 Å². The van der Waals surface area contributed by atoms with Crippen molar-refractivity contribution in [3.05, 3.63) is 42.2 Å². The summed E-state index contributed by atoms with van der Waals surface area (Å²) in [6, 6.07) is 10.00.